The molecule has 6 nitrogen and oxygen atoms in total. The smallest absolute Gasteiger partial charge is 0.320 e. The number of carbonyl (C=O) groups is 1. The molecule has 0 aliphatic carbocycles. The fraction of sp³-hybridized carbons (Fsp3) is 0.545. The highest BCUT2D eigenvalue weighted by atomic mass is 79.9. The van der Waals surface area contributed by atoms with Gasteiger partial charge in [0.25, 0.3) is 10.0 Å². The third kappa shape index (κ3) is 3.22. The second-order valence-corrected chi connectivity index (χ2v) is 9.14. The third-order valence-corrected chi connectivity index (χ3v) is 7.31. The molecule has 1 aliphatic heterocycles. The van der Waals surface area contributed by atoms with Crippen LogP contribution in [0.25, 0.3) is 0 Å². The van der Waals surface area contributed by atoms with E-state index in [-0.39, 0.29) is 0 Å². The molecule has 0 radical (unpaired) electrons. The summed E-state index contributed by atoms with van der Waals surface area (Å²) in [5.41, 5.74) is 0. The number of rotatable bonds is 4. The molecule has 0 bridgehead atoms. The van der Waals surface area contributed by atoms with Crippen molar-refractivity contribution in [1.82, 2.24) is 9.21 Å². The van der Waals surface area contributed by atoms with Crippen LogP contribution in [-0.4, -0.2) is 60.9 Å². The van der Waals surface area contributed by atoms with Gasteiger partial charge in [0.1, 0.15) is 10.3 Å². The van der Waals surface area contributed by atoms with Gasteiger partial charge in [-0.1, -0.05) is 0 Å². The summed E-state index contributed by atoms with van der Waals surface area (Å²) in [5.74, 6) is -0.886. The number of carboxylic acids is 1. The van der Waals surface area contributed by atoms with Gasteiger partial charge < -0.3 is 5.11 Å². The van der Waals surface area contributed by atoms with E-state index in [4.69, 9.17) is 5.11 Å². The molecular formula is C11H15BrN2O4S2. The zero-order valence-electron chi connectivity index (χ0n) is 10.8. The molecule has 1 fully saturated rings. The van der Waals surface area contributed by atoms with Crippen molar-refractivity contribution in [1.29, 1.82) is 0 Å². The minimum absolute atomic E-state index is 0.309. The van der Waals surface area contributed by atoms with Crippen LogP contribution in [0.15, 0.2) is 20.1 Å². The van der Waals surface area contributed by atoms with E-state index in [2.05, 4.69) is 15.9 Å². The van der Waals surface area contributed by atoms with Gasteiger partial charge >= 0.3 is 5.97 Å². The van der Waals surface area contributed by atoms with Crippen molar-refractivity contribution in [2.45, 2.75) is 17.2 Å². The second-order valence-electron chi connectivity index (χ2n) is 4.51. The van der Waals surface area contributed by atoms with Crippen molar-refractivity contribution >= 4 is 43.3 Å². The van der Waals surface area contributed by atoms with Crippen LogP contribution in [0.4, 0.5) is 0 Å². The van der Waals surface area contributed by atoms with Gasteiger partial charge in [-0.15, -0.1) is 11.3 Å². The van der Waals surface area contributed by atoms with Crippen LogP contribution in [0, 0.1) is 0 Å². The highest BCUT2D eigenvalue weighted by molar-refractivity contribution is 9.11. The molecule has 1 aromatic rings. The van der Waals surface area contributed by atoms with Gasteiger partial charge in [0.2, 0.25) is 0 Å². The molecule has 0 aromatic carbocycles. The van der Waals surface area contributed by atoms with Gasteiger partial charge in [0, 0.05) is 26.2 Å². The quantitative estimate of drug-likeness (QED) is 0.848. The normalized spacial score (nSPS) is 19.9. The number of aliphatic carboxylic acids is 1. The first-order chi connectivity index (χ1) is 9.32. The summed E-state index contributed by atoms with van der Waals surface area (Å²) in [4.78, 5) is 12.7. The Hall–Kier alpha value is -0.480. The van der Waals surface area contributed by atoms with Gasteiger partial charge in [0.15, 0.2) is 0 Å². The maximum atomic E-state index is 12.4. The molecule has 2 heterocycles. The number of hydrogen-bond acceptors (Lipinski definition) is 5. The standard InChI is InChI=1S/C11H15BrN2O4S2/c1-8(11(15)16)13-4-6-14(7-5-13)20(17,18)10-3-2-9(12)19-10/h2-3,8H,4-7H2,1H3,(H,15,16). The topological polar surface area (TPSA) is 77.9 Å². The Morgan fingerprint density at radius 2 is 1.95 bits per heavy atom. The number of sulfonamides is 1. The van der Waals surface area contributed by atoms with Gasteiger partial charge in [0.05, 0.1) is 3.79 Å². The molecule has 9 heteroatoms. The summed E-state index contributed by atoms with van der Waals surface area (Å²) in [6, 6.07) is 2.70. The average molecular weight is 383 g/mol. The van der Waals surface area contributed by atoms with Crippen molar-refractivity contribution in [3.05, 3.63) is 15.9 Å². The van der Waals surface area contributed by atoms with Crippen molar-refractivity contribution in [3.63, 3.8) is 0 Å². The molecule has 0 amide bonds. The summed E-state index contributed by atoms with van der Waals surface area (Å²) in [5, 5.41) is 8.96. The van der Waals surface area contributed by atoms with Crippen LogP contribution < -0.4 is 0 Å². The van der Waals surface area contributed by atoms with Gasteiger partial charge in [-0.05, 0) is 35.0 Å². The van der Waals surface area contributed by atoms with E-state index in [1.807, 2.05) is 0 Å². The first kappa shape index (κ1) is 15.9. The fourth-order valence-corrected chi connectivity index (χ4v) is 5.64. The summed E-state index contributed by atoms with van der Waals surface area (Å²) in [6.07, 6.45) is 0. The van der Waals surface area contributed by atoms with E-state index in [1.165, 1.54) is 15.6 Å². The van der Waals surface area contributed by atoms with E-state index in [1.54, 1.807) is 24.0 Å². The van der Waals surface area contributed by atoms with Crippen LogP contribution in [-0.2, 0) is 14.8 Å². The summed E-state index contributed by atoms with van der Waals surface area (Å²) < 4.78 is 27.3. The van der Waals surface area contributed by atoms with Crippen molar-refractivity contribution in [2.75, 3.05) is 26.2 Å². The number of thiophene rings is 1. The maximum absolute atomic E-state index is 12.4. The molecule has 20 heavy (non-hydrogen) atoms. The molecule has 1 N–H and O–H groups in total. The van der Waals surface area contributed by atoms with Crippen molar-refractivity contribution in [3.8, 4) is 0 Å². The lowest BCUT2D eigenvalue weighted by Gasteiger charge is -2.35. The largest absolute Gasteiger partial charge is 0.480 e. The molecule has 1 aromatic heterocycles. The Morgan fingerprint density at radius 1 is 1.35 bits per heavy atom. The van der Waals surface area contributed by atoms with Crippen molar-refractivity contribution < 1.29 is 18.3 Å². The number of hydrogen-bond donors (Lipinski definition) is 1. The third-order valence-electron chi connectivity index (χ3n) is 3.32. The minimum atomic E-state index is -3.46. The van der Waals surface area contributed by atoms with E-state index in [0.717, 1.165) is 3.79 Å². The van der Waals surface area contributed by atoms with Crippen LogP contribution in [0.3, 0.4) is 0 Å². The van der Waals surface area contributed by atoms with Crippen LogP contribution >= 0.6 is 27.3 Å². The van der Waals surface area contributed by atoms with E-state index in [9.17, 15) is 13.2 Å². The summed E-state index contributed by atoms with van der Waals surface area (Å²) in [6.45, 7) is 3.10. The molecule has 1 aliphatic rings. The van der Waals surface area contributed by atoms with Crippen LogP contribution in [0.1, 0.15) is 6.92 Å². The van der Waals surface area contributed by atoms with Gasteiger partial charge in [-0.2, -0.15) is 4.31 Å². The molecule has 1 atom stereocenters. The molecule has 0 spiro atoms. The first-order valence-corrected chi connectivity index (χ1v) is 9.09. The van der Waals surface area contributed by atoms with E-state index < -0.39 is 22.0 Å². The maximum Gasteiger partial charge on any atom is 0.320 e. The number of carboxylic acid groups (broad SMARTS) is 1. The molecule has 1 unspecified atom stereocenters. The predicted molar refractivity (Wildman–Crippen MR) is 79.4 cm³/mol. The zero-order valence-corrected chi connectivity index (χ0v) is 14.0. The van der Waals surface area contributed by atoms with E-state index >= 15 is 0 Å². The first-order valence-electron chi connectivity index (χ1n) is 6.04. The molecule has 1 saturated heterocycles. The van der Waals surface area contributed by atoms with Crippen LogP contribution in [0.5, 0.6) is 0 Å². The lowest BCUT2D eigenvalue weighted by atomic mass is 10.2. The Labute approximate surface area is 130 Å². The zero-order chi connectivity index (χ0) is 14.9. The SMILES string of the molecule is CC(C(=O)O)N1CCN(S(=O)(=O)c2ccc(Br)s2)CC1. The molecule has 0 saturated carbocycles. The lowest BCUT2D eigenvalue weighted by Crippen LogP contribution is -2.52. The number of nitrogens with zero attached hydrogens (tertiary/aromatic N) is 2. The average Bonchev–Trinajstić information content (AvgIpc) is 2.85. The fourth-order valence-electron chi connectivity index (χ4n) is 2.05. The number of halogens is 1. The minimum Gasteiger partial charge on any atom is -0.480 e. The highest BCUT2D eigenvalue weighted by Crippen LogP contribution is 2.29. The monoisotopic (exact) mass is 382 g/mol. The van der Waals surface area contributed by atoms with Crippen molar-refractivity contribution in [2.24, 2.45) is 0 Å². The number of piperazine rings is 1. The molecular weight excluding hydrogens is 368 g/mol. The highest BCUT2D eigenvalue weighted by Gasteiger charge is 2.32. The van der Waals surface area contributed by atoms with Crippen LogP contribution in [0.2, 0.25) is 0 Å². The summed E-state index contributed by atoms with van der Waals surface area (Å²) >= 11 is 4.43. The van der Waals surface area contributed by atoms with Gasteiger partial charge in [-0.25, -0.2) is 8.42 Å². The Balaban J connectivity index is 2.05. The van der Waals surface area contributed by atoms with Gasteiger partial charge in [-0.3, -0.25) is 9.69 Å². The Kier molecular flexibility index (Phi) is 4.85. The Bertz CT molecular complexity index is 593. The van der Waals surface area contributed by atoms with E-state index in [0.29, 0.717) is 30.4 Å². The Morgan fingerprint density at radius 3 is 2.40 bits per heavy atom. The summed E-state index contributed by atoms with van der Waals surface area (Å²) in [7, 11) is -3.46. The molecule has 2 rings (SSSR count). The lowest BCUT2D eigenvalue weighted by molar-refractivity contribution is -0.143. The predicted octanol–water partition coefficient (Wildman–Crippen LogP) is 1.29. The second kappa shape index (κ2) is 6.10. The molecule has 112 valence electrons.